The van der Waals surface area contributed by atoms with Gasteiger partial charge in [-0.2, -0.15) is 5.10 Å². The minimum Gasteiger partial charge on any atom is -0.462 e. The fourth-order valence-electron chi connectivity index (χ4n) is 3.18. The van der Waals surface area contributed by atoms with Crippen LogP contribution in [-0.2, 0) is 10.3 Å². The zero-order chi connectivity index (χ0) is 19.9. The zero-order valence-corrected chi connectivity index (χ0v) is 14.9. The molecule has 1 aromatic heterocycles. The smallest absolute Gasteiger partial charge is 0.283 e. The van der Waals surface area contributed by atoms with E-state index in [4.69, 9.17) is 10.5 Å². The van der Waals surface area contributed by atoms with E-state index >= 15 is 0 Å². The maximum Gasteiger partial charge on any atom is 0.283 e. The third-order valence-corrected chi connectivity index (χ3v) is 4.85. The van der Waals surface area contributed by atoms with Crippen molar-refractivity contribution in [3.63, 3.8) is 0 Å². The quantitative estimate of drug-likeness (QED) is 0.746. The van der Waals surface area contributed by atoms with Gasteiger partial charge in [-0.1, -0.05) is 6.07 Å². The van der Waals surface area contributed by atoms with E-state index in [0.29, 0.717) is 16.8 Å². The Balaban J connectivity index is 1.74. The van der Waals surface area contributed by atoms with Gasteiger partial charge in [0.2, 0.25) is 0 Å². The van der Waals surface area contributed by atoms with Gasteiger partial charge in [0.1, 0.15) is 23.8 Å². The molecule has 0 saturated heterocycles. The lowest BCUT2D eigenvalue weighted by atomic mass is 9.85. The second-order valence-electron chi connectivity index (χ2n) is 6.72. The maximum absolute atomic E-state index is 14.6. The summed E-state index contributed by atoms with van der Waals surface area (Å²) >= 11 is 0. The molecule has 0 bridgehead atoms. The molecule has 28 heavy (non-hydrogen) atoms. The summed E-state index contributed by atoms with van der Waals surface area (Å²) in [5, 5.41) is 4.26. The predicted octanol–water partition coefficient (Wildman–Crippen LogP) is 3.72. The van der Waals surface area contributed by atoms with Gasteiger partial charge < -0.3 is 10.5 Å². The number of hydrogen-bond donors (Lipinski definition) is 1. The van der Waals surface area contributed by atoms with Crippen LogP contribution >= 0.6 is 0 Å². The summed E-state index contributed by atoms with van der Waals surface area (Å²) in [6.07, 6.45) is 1.77. The Bertz CT molecular complexity index is 1050. The Hall–Kier alpha value is -3.29. The van der Waals surface area contributed by atoms with Gasteiger partial charge in [-0.25, -0.2) is 22.8 Å². The average molecular weight is 386 g/mol. The van der Waals surface area contributed by atoms with E-state index in [-0.39, 0.29) is 24.0 Å². The van der Waals surface area contributed by atoms with E-state index in [1.165, 1.54) is 31.2 Å². The third kappa shape index (κ3) is 3.11. The maximum atomic E-state index is 14.6. The number of alkyl halides is 1. The van der Waals surface area contributed by atoms with Crippen molar-refractivity contribution in [1.82, 2.24) is 9.78 Å². The van der Waals surface area contributed by atoms with Crippen molar-refractivity contribution >= 4 is 6.02 Å². The molecule has 2 atom stereocenters. The number of aromatic nitrogens is 2. The van der Waals surface area contributed by atoms with Gasteiger partial charge in [-0.3, -0.25) is 0 Å². The average Bonchev–Trinajstić information content (AvgIpc) is 3.16. The number of nitrogens with two attached hydrogens (primary N) is 1. The van der Waals surface area contributed by atoms with E-state index in [0.717, 1.165) is 0 Å². The van der Waals surface area contributed by atoms with Crippen LogP contribution in [0.25, 0.3) is 16.8 Å². The summed E-state index contributed by atoms with van der Waals surface area (Å²) in [7, 11) is 0. The molecule has 5 nitrogen and oxygen atoms in total. The first-order valence-corrected chi connectivity index (χ1v) is 8.60. The van der Waals surface area contributed by atoms with Crippen LogP contribution in [0.3, 0.4) is 0 Å². The molecular weight excluding hydrogens is 369 g/mol. The molecule has 0 spiro atoms. The van der Waals surface area contributed by atoms with Gasteiger partial charge in [0.25, 0.3) is 6.02 Å². The molecule has 0 unspecified atom stereocenters. The predicted molar refractivity (Wildman–Crippen MR) is 98.7 cm³/mol. The second-order valence-corrected chi connectivity index (χ2v) is 6.72. The Labute approximate surface area is 159 Å². The van der Waals surface area contributed by atoms with E-state index in [2.05, 4.69) is 10.1 Å². The largest absolute Gasteiger partial charge is 0.462 e. The third-order valence-electron chi connectivity index (χ3n) is 4.85. The summed E-state index contributed by atoms with van der Waals surface area (Å²) in [5.41, 5.74) is 6.18. The number of nitrogens with zero attached hydrogens (tertiary/aromatic N) is 3. The van der Waals surface area contributed by atoms with Crippen LogP contribution < -0.4 is 5.73 Å². The van der Waals surface area contributed by atoms with Crippen molar-refractivity contribution in [3.8, 4) is 16.8 Å². The molecule has 1 aliphatic rings. The first-order chi connectivity index (χ1) is 13.4. The Morgan fingerprint density at radius 3 is 2.64 bits per heavy atom. The van der Waals surface area contributed by atoms with Crippen molar-refractivity contribution in [2.75, 3.05) is 6.61 Å². The van der Waals surface area contributed by atoms with Gasteiger partial charge in [-0.05, 0) is 48.9 Å². The molecule has 2 aromatic carbocycles. The van der Waals surface area contributed by atoms with Crippen LogP contribution in [0.5, 0.6) is 0 Å². The Morgan fingerprint density at radius 2 is 1.89 bits per heavy atom. The highest BCUT2D eigenvalue weighted by Gasteiger charge is 2.42. The van der Waals surface area contributed by atoms with Crippen molar-refractivity contribution in [3.05, 3.63) is 72.1 Å². The van der Waals surface area contributed by atoms with Crippen LogP contribution in [0.4, 0.5) is 13.2 Å². The standard InChI is InChI=1S/C20H17F3N4O/c1-20(18(23)11-28-19(24)26-20)16-8-12(2-7-17(16)22)13-9-25-27(10-13)15-5-3-14(21)4-6-15/h2-10,18H,11H2,1H3,(H2,24,26)/t18-,20+/m0/s1. The Kier molecular flexibility index (Phi) is 4.33. The monoisotopic (exact) mass is 386 g/mol. The molecule has 2 heterocycles. The minimum absolute atomic E-state index is 0.0817. The fraction of sp³-hybridized carbons (Fsp3) is 0.200. The van der Waals surface area contributed by atoms with Gasteiger partial charge >= 0.3 is 0 Å². The molecule has 0 radical (unpaired) electrons. The number of halogens is 3. The number of rotatable bonds is 3. The van der Waals surface area contributed by atoms with Crippen LogP contribution in [0, 0.1) is 11.6 Å². The molecule has 144 valence electrons. The van der Waals surface area contributed by atoms with Crippen LogP contribution in [0.15, 0.2) is 59.9 Å². The number of benzene rings is 2. The lowest BCUT2D eigenvalue weighted by Crippen LogP contribution is -2.43. The number of aliphatic imine (C=N–C) groups is 1. The highest BCUT2D eigenvalue weighted by molar-refractivity contribution is 5.73. The summed E-state index contributed by atoms with van der Waals surface area (Å²) in [6, 6.07) is 10.1. The lowest BCUT2D eigenvalue weighted by molar-refractivity contribution is 0.0923. The molecule has 1 aliphatic heterocycles. The first kappa shape index (κ1) is 18.1. The zero-order valence-electron chi connectivity index (χ0n) is 14.9. The molecule has 0 saturated carbocycles. The molecule has 3 aromatic rings. The van der Waals surface area contributed by atoms with Crippen molar-refractivity contribution in [2.24, 2.45) is 10.7 Å². The molecule has 0 fully saturated rings. The van der Waals surface area contributed by atoms with Crippen molar-refractivity contribution < 1.29 is 17.9 Å². The van der Waals surface area contributed by atoms with Gasteiger partial charge in [-0.15, -0.1) is 0 Å². The van der Waals surface area contributed by atoms with Crippen LogP contribution in [0.2, 0.25) is 0 Å². The van der Waals surface area contributed by atoms with Crippen LogP contribution in [-0.4, -0.2) is 28.6 Å². The molecule has 0 amide bonds. The van der Waals surface area contributed by atoms with E-state index in [1.54, 1.807) is 35.3 Å². The van der Waals surface area contributed by atoms with Crippen molar-refractivity contribution in [1.29, 1.82) is 0 Å². The van der Waals surface area contributed by atoms with Crippen LogP contribution in [0.1, 0.15) is 12.5 Å². The normalized spacial score (nSPS) is 21.9. The molecular formula is C20H17F3N4O. The molecule has 4 rings (SSSR count). The fourth-order valence-corrected chi connectivity index (χ4v) is 3.18. The molecule has 0 aliphatic carbocycles. The number of ether oxygens (including phenoxy) is 1. The highest BCUT2D eigenvalue weighted by Crippen LogP contribution is 2.37. The van der Waals surface area contributed by atoms with E-state index in [9.17, 15) is 13.2 Å². The van der Waals surface area contributed by atoms with E-state index < -0.39 is 17.5 Å². The molecule has 8 heteroatoms. The first-order valence-electron chi connectivity index (χ1n) is 8.60. The Morgan fingerprint density at radius 1 is 1.14 bits per heavy atom. The lowest BCUT2D eigenvalue weighted by Gasteiger charge is -2.33. The summed E-state index contributed by atoms with van der Waals surface area (Å²) < 4.78 is 48.7. The minimum atomic E-state index is -1.55. The van der Waals surface area contributed by atoms with Crippen molar-refractivity contribution in [2.45, 2.75) is 18.6 Å². The van der Waals surface area contributed by atoms with Gasteiger partial charge in [0.15, 0.2) is 6.17 Å². The van der Waals surface area contributed by atoms with E-state index in [1.807, 2.05) is 0 Å². The second kappa shape index (κ2) is 6.70. The topological polar surface area (TPSA) is 65.4 Å². The summed E-state index contributed by atoms with van der Waals surface area (Å²) in [6.45, 7) is 1.19. The SMILES string of the molecule is C[C@]1(c2cc(-c3cnn(-c4ccc(F)cc4)c3)ccc2F)N=C(N)OC[C@@H]1F. The summed E-state index contributed by atoms with van der Waals surface area (Å²) in [4.78, 5) is 4.02. The molecule has 2 N–H and O–H groups in total. The van der Waals surface area contributed by atoms with Gasteiger partial charge in [0, 0.05) is 17.3 Å². The van der Waals surface area contributed by atoms with Gasteiger partial charge in [0.05, 0.1) is 11.9 Å². The number of amidine groups is 1. The summed E-state index contributed by atoms with van der Waals surface area (Å²) in [5.74, 6) is -0.928. The highest BCUT2D eigenvalue weighted by atomic mass is 19.1. The number of hydrogen-bond acceptors (Lipinski definition) is 4.